The van der Waals surface area contributed by atoms with Crippen molar-refractivity contribution in [1.82, 2.24) is 10.1 Å². The molecule has 1 saturated heterocycles. The van der Waals surface area contributed by atoms with Crippen LogP contribution in [0.25, 0.3) is 0 Å². The van der Waals surface area contributed by atoms with Gasteiger partial charge in [0.25, 0.3) is 0 Å². The Hall–Kier alpha value is -2.87. The molecule has 156 valence electrons. The minimum atomic E-state index is -0.224. The predicted octanol–water partition coefficient (Wildman–Crippen LogP) is 2.16. The number of hydrogen-bond donors (Lipinski definition) is 1. The zero-order valence-electron chi connectivity index (χ0n) is 17.2. The van der Waals surface area contributed by atoms with Crippen molar-refractivity contribution in [3.8, 4) is 0 Å². The highest BCUT2D eigenvalue weighted by Crippen LogP contribution is 2.19. The van der Waals surface area contributed by atoms with Gasteiger partial charge in [-0.3, -0.25) is 9.59 Å². The molecule has 0 bridgehead atoms. The first-order valence-electron chi connectivity index (χ1n) is 9.90. The number of morpholine rings is 1. The summed E-state index contributed by atoms with van der Waals surface area (Å²) >= 11 is 0. The average molecular weight is 400 g/mol. The first-order chi connectivity index (χ1) is 14.0. The van der Waals surface area contributed by atoms with E-state index in [4.69, 9.17) is 9.26 Å². The number of nitrogens with one attached hydrogen (secondary N) is 1. The fourth-order valence-corrected chi connectivity index (χ4v) is 3.34. The Kier molecular flexibility index (Phi) is 6.87. The number of amides is 2. The molecule has 0 aliphatic carbocycles. The summed E-state index contributed by atoms with van der Waals surface area (Å²) in [6.45, 7) is 9.09. The van der Waals surface area contributed by atoms with Gasteiger partial charge in [-0.15, -0.1) is 0 Å². The molecule has 3 rings (SSSR count). The van der Waals surface area contributed by atoms with E-state index in [0.29, 0.717) is 23.7 Å². The van der Waals surface area contributed by atoms with E-state index in [1.54, 1.807) is 6.92 Å². The molecule has 0 atom stereocenters. The van der Waals surface area contributed by atoms with Crippen molar-refractivity contribution >= 4 is 23.2 Å². The SMILES string of the molecule is CCN(CC(=O)Nc1ccc(N2CCOCC2)cc1)C(=O)Cc1c(C)noc1C. The van der Waals surface area contributed by atoms with E-state index in [0.717, 1.165) is 37.6 Å². The molecule has 1 aliphatic heterocycles. The molecule has 1 N–H and O–H groups in total. The lowest BCUT2D eigenvalue weighted by molar-refractivity contribution is -0.133. The Morgan fingerprint density at radius 2 is 1.86 bits per heavy atom. The van der Waals surface area contributed by atoms with Crippen LogP contribution in [0.5, 0.6) is 0 Å². The maximum atomic E-state index is 12.6. The molecule has 1 fully saturated rings. The van der Waals surface area contributed by atoms with Crippen LogP contribution in [0.3, 0.4) is 0 Å². The zero-order valence-corrected chi connectivity index (χ0v) is 17.2. The van der Waals surface area contributed by atoms with Crippen LogP contribution < -0.4 is 10.2 Å². The van der Waals surface area contributed by atoms with Gasteiger partial charge in [-0.05, 0) is 45.0 Å². The topological polar surface area (TPSA) is 87.9 Å². The number of benzene rings is 1. The number of ether oxygens (including phenoxy) is 1. The van der Waals surface area contributed by atoms with Crippen LogP contribution in [0, 0.1) is 13.8 Å². The van der Waals surface area contributed by atoms with Gasteiger partial charge in [-0.2, -0.15) is 0 Å². The van der Waals surface area contributed by atoms with Crippen molar-refractivity contribution in [1.29, 1.82) is 0 Å². The van der Waals surface area contributed by atoms with Crippen LogP contribution in [0.1, 0.15) is 23.9 Å². The Morgan fingerprint density at radius 3 is 2.45 bits per heavy atom. The highest BCUT2D eigenvalue weighted by Gasteiger charge is 2.20. The van der Waals surface area contributed by atoms with Crippen LogP contribution in [0.2, 0.25) is 0 Å². The molecular formula is C21H28N4O4. The Bertz CT molecular complexity index is 821. The van der Waals surface area contributed by atoms with Gasteiger partial charge >= 0.3 is 0 Å². The molecular weight excluding hydrogens is 372 g/mol. The Balaban J connectivity index is 1.54. The smallest absolute Gasteiger partial charge is 0.243 e. The summed E-state index contributed by atoms with van der Waals surface area (Å²) in [4.78, 5) is 28.8. The molecule has 0 saturated carbocycles. The van der Waals surface area contributed by atoms with E-state index in [1.165, 1.54) is 4.90 Å². The molecule has 0 unspecified atom stereocenters. The van der Waals surface area contributed by atoms with Crippen molar-refractivity contribution < 1.29 is 18.8 Å². The molecule has 2 amide bonds. The summed E-state index contributed by atoms with van der Waals surface area (Å²) in [6, 6.07) is 7.73. The Labute approximate surface area is 170 Å². The summed E-state index contributed by atoms with van der Waals surface area (Å²) in [5.41, 5.74) is 3.31. The van der Waals surface area contributed by atoms with Crippen LogP contribution in [0.4, 0.5) is 11.4 Å². The van der Waals surface area contributed by atoms with Crippen molar-refractivity contribution in [2.75, 3.05) is 49.6 Å². The number of anilines is 2. The maximum Gasteiger partial charge on any atom is 0.243 e. The number of carbonyl (C=O) groups excluding carboxylic acids is 2. The van der Waals surface area contributed by atoms with Gasteiger partial charge < -0.3 is 24.4 Å². The third-order valence-corrected chi connectivity index (χ3v) is 5.11. The second-order valence-electron chi connectivity index (χ2n) is 7.08. The fourth-order valence-electron chi connectivity index (χ4n) is 3.34. The summed E-state index contributed by atoms with van der Waals surface area (Å²) in [5.74, 6) is 0.287. The molecule has 1 aromatic heterocycles. The molecule has 1 aliphatic rings. The Morgan fingerprint density at radius 1 is 1.17 bits per heavy atom. The number of carbonyl (C=O) groups is 2. The second-order valence-corrected chi connectivity index (χ2v) is 7.08. The van der Waals surface area contributed by atoms with Gasteiger partial charge in [-0.25, -0.2) is 0 Å². The number of aromatic nitrogens is 1. The van der Waals surface area contributed by atoms with Gasteiger partial charge in [-0.1, -0.05) is 5.16 Å². The number of hydrogen-bond acceptors (Lipinski definition) is 6. The van der Waals surface area contributed by atoms with Crippen molar-refractivity contribution in [2.24, 2.45) is 0 Å². The third kappa shape index (κ3) is 5.35. The van der Waals surface area contributed by atoms with Crippen LogP contribution in [-0.2, 0) is 20.7 Å². The monoisotopic (exact) mass is 400 g/mol. The first kappa shape index (κ1) is 20.9. The summed E-state index contributed by atoms with van der Waals surface area (Å²) in [6.07, 6.45) is 0.177. The molecule has 0 spiro atoms. The van der Waals surface area contributed by atoms with Gasteiger partial charge in [0, 0.05) is 36.6 Å². The maximum absolute atomic E-state index is 12.6. The number of likely N-dealkylation sites (N-methyl/N-ethyl adjacent to an activating group) is 1. The van der Waals surface area contributed by atoms with Crippen LogP contribution in [-0.4, -0.2) is 61.3 Å². The summed E-state index contributed by atoms with van der Waals surface area (Å²) in [7, 11) is 0. The van der Waals surface area contributed by atoms with E-state index >= 15 is 0 Å². The highest BCUT2D eigenvalue weighted by molar-refractivity contribution is 5.95. The normalized spacial score (nSPS) is 14.0. The second kappa shape index (κ2) is 9.56. The third-order valence-electron chi connectivity index (χ3n) is 5.11. The fraction of sp³-hybridized carbons (Fsp3) is 0.476. The van der Waals surface area contributed by atoms with Crippen LogP contribution in [0.15, 0.2) is 28.8 Å². The number of aryl methyl sites for hydroxylation is 2. The first-order valence-corrected chi connectivity index (χ1v) is 9.90. The number of nitrogens with zero attached hydrogens (tertiary/aromatic N) is 3. The zero-order chi connectivity index (χ0) is 20.8. The van der Waals surface area contributed by atoms with Gasteiger partial charge in [0.15, 0.2) is 0 Å². The lowest BCUT2D eigenvalue weighted by Gasteiger charge is -2.29. The summed E-state index contributed by atoms with van der Waals surface area (Å²) in [5, 5.41) is 6.74. The molecule has 2 heterocycles. The molecule has 1 aromatic carbocycles. The number of rotatable bonds is 7. The van der Waals surface area contributed by atoms with E-state index in [9.17, 15) is 9.59 Å². The largest absolute Gasteiger partial charge is 0.378 e. The summed E-state index contributed by atoms with van der Waals surface area (Å²) < 4.78 is 10.5. The molecule has 29 heavy (non-hydrogen) atoms. The van der Waals surface area contributed by atoms with Crippen molar-refractivity contribution in [3.05, 3.63) is 41.3 Å². The minimum Gasteiger partial charge on any atom is -0.378 e. The molecule has 8 heteroatoms. The van der Waals surface area contributed by atoms with E-state index in [-0.39, 0.29) is 24.8 Å². The highest BCUT2D eigenvalue weighted by atomic mass is 16.5. The average Bonchev–Trinajstić information content (AvgIpc) is 3.05. The van der Waals surface area contributed by atoms with Gasteiger partial charge in [0.1, 0.15) is 5.76 Å². The quantitative estimate of drug-likeness (QED) is 0.766. The van der Waals surface area contributed by atoms with Gasteiger partial charge in [0.05, 0.1) is 31.9 Å². The molecule has 2 aromatic rings. The lowest BCUT2D eigenvalue weighted by Crippen LogP contribution is -2.38. The lowest BCUT2D eigenvalue weighted by atomic mass is 10.1. The van der Waals surface area contributed by atoms with E-state index in [1.807, 2.05) is 38.1 Å². The van der Waals surface area contributed by atoms with E-state index < -0.39 is 0 Å². The standard InChI is InChI=1S/C21H28N4O4/c1-4-24(21(27)13-19-15(2)23-29-16(19)3)14-20(26)22-17-5-7-18(8-6-17)25-9-11-28-12-10-25/h5-8H,4,9-14H2,1-3H3,(H,22,26). The van der Waals surface area contributed by atoms with Gasteiger partial charge in [0.2, 0.25) is 11.8 Å². The molecule has 0 radical (unpaired) electrons. The predicted molar refractivity (Wildman–Crippen MR) is 110 cm³/mol. The van der Waals surface area contributed by atoms with E-state index in [2.05, 4.69) is 15.4 Å². The van der Waals surface area contributed by atoms with Crippen molar-refractivity contribution in [3.63, 3.8) is 0 Å². The molecule has 8 nitrogen and oxygen atoms in total. The van der Waals surface area contributed by atoms with Crippen molar-refractivity contribution in [2.45, 2.75) is 27.2 Å². The minimum absolute atomic E-state index is 0.00389. The van der Waals surface area contributed by atoms with Crippen LogP contribution >= 0.6 is 0 Å².